The number of nitrogen functional groups attached to an aromatic ring is 1. The van der Waals surface area contributed by atoms with Crippen LogP contribution in [0.3, 0.4) is 0 Å². The lowest BCUT2D eigenvalue weighted by molar-refractivity contribution is -0.114. The first-order valence-corrected chi connectivity index (χ1v) is 10.8. The molecule has 0 unspecified atom stereocenters. The summed E-state index contributed by atoms with van der Waals surface area (Å²) in [6.07, 6.45) is 0. The Balaban J connectivity index is 1.96. The van der Waals surface area contributed by atoms with Gasteiger partial charge in [0, 0.05) is 18.0 Å². The summed E-state index contributed by atoms with van der Waals surface area (Å²) in [6.45, 7) is 1.48. The second-order valence-electron chi connectivity index (χ2n) is 8.03. The lowest BCUT2D eigenvalue weighted by Gasteiger charge is -2.37. The fraction of sp³-hybridized carbons (Fsp3) is 0.0714. The third-order valence-electron chi connectivity index (χ3n) is 5.89. The van der Waals surface area contributed by atoms with Crippen molar-refractivity contribution in [1.82, 2.24) is 9.78 Å². The molecule has 4 aromatic carbocycles. The van der Waals surface area contributed by atoms with Crippen LogP contribution in [0.15, 0.2) is 109 Å². The second kappa shape index (κ2) is 8.28. The zero-order valence-corrected chi connectivity index (χ0v) is 18.3. The van der Waals surface area contributed by atoms with Gasteiger partial charge in [-0.15, -0.1) is 0 Å². The van der Waals surface area contributed by atoms with E-state index in [0.29, 0.717) is 11.5 Å². The minimum absolute atomic E-state index is 0.186. The smallest absolute Gasteiger partial charge is 0.222 e. The molecule has 0 fully saturated rings. The Morgan fingerprint density at radius 1 is 0.788 bits per heavy atom. The molecule has 162 valence electrons. The number of hydrogen-bond donors (Lipinski definition) is 2. The molecule has 0 atom stereocenters. The normalized spacial score (nSPS) is 11.4. The zero-order chi connectivity index (χ0) is 22.8. The number of nitrogens with zero attached hydrogens (tertiary/aromatic N) is 2. The van der Waals surface area contributed by atoms with Crippen molar-refractivity contribution in [3.8, 4) is 0 Å². The monoisotopic (exact) mass is 432 g/mol. The third kappa shape index (κ3) is 3.44. The van der Waals surface area contributed by atoms with Gasteiger partial charge in [0.1, 0.15) is 5.54 Å². The molecule has 1 aromatic heterocycles. The van der Waals surface area contributed by atoms with Gasteiger partial charge < -0.3 is 11.1 Å². The van der Waals surface area contributed by atoms with E-state index >= 15 is 0 Å². The SMILES string of the molecule is CC(=O)Nc1nn(C(c2ccccc2)(c2ccccc2)c2ccccc2)c2ccc(N)cc12. The summed E-state index contributed by atoms with van der Waals surface area (Å²) in [5.41, 5.74) is 9.98. The summed E-state index contributed by atoms with van der Waals surface area (Å²) in [7, 11) is 0. The maximum atomic E-state index is 12.0. The van der Waals surface area contributed by atoms with Crippen molar-refractivity contribution in [3.63, 3.8) is 0 Å². The van der Waals surface area contributed by atoms with Gasteiger partial charge in [-0.1, -0.05) is 91.0 Å². The van der Waals surface area contributed by atoms with Crippen LogP contribution in [-0.4, -0.2) is 15.7 Å². The Kier molecular flexibility index (Phi) is 5.15. The van der Waals surface area contributed by atoms with E-state index < -0.39 is 5.54 Å². The number of anilines is 2. The average Bonchev–Trinajstić information content (AvgIpc) is 3.19. The van der Waals surface area contributed by atoms with Crippen molar-refractivity contribution < 1.29 is 4.79 Å². The molecular weight excluding hydrogens is 408 g/mol. The molecule has 5 heteroatoms. The first-order chi connectivity index (χ1) is 16.1. The highest BCUT2D eigenvalue weighted by molar-refractivity contribution is 6.00. The quantitative estimate of drug-likeness (QED) is 0.288. The van der Waals surface area contributed by atoms with E-state index in [4.69, 9.17) is 10.8 Å². The molecule has 0 spiro atoms. The molecule has 1 heterocycles. The van der Waals surface area contributed by atoms with Crippen molar-refractivity contribution in [2.24, 2.45) is 0 Å². The van der Waals surface area contributed by atoms with E-state index in [1.54, 1.807) is 0 Å². The predicted octanol–water partition coefficient (Wildman–Crippen LogP) is 5.42. The van der Waals surface area contributed by atoms with Crippen LogP contribution in [-0.2, 0) is 10.3 Å². The van der Waals surface area contributed by atoms with Gasteiger partial charge in [0.2, 0.25) is 5.91 Å². The third-order valence-corrected chi connectivity index (χ3v) is 5.89. The van der Waals surface area contributed by atoms with Crippen LogP contribution in [0, 0.1) is 0 Å². The van der Waals surface area contributed by atoms with Gasteiger partial charge >= 0.3 is 0 Å². The van der Waals surface area contributed by atoms with E-state index in [0.717, 1.165) is 27.6 Å². The highest BCUT2D eigenvalue weighted by Crippen LogP contribution is 2.43. The Morgan fingerprint density at radius 3 is 1.73 bits per heavy atom. The topological polar surface area (TPSA) is 72.9 Å². The summed E-state index contributed by atoms with van der Waals surface area (Å²) in [5.74, 6) is 0.297. The second-order valence-corrected chi connectivity index (χ2v) is 8.03. The highest BCUT2D eigenvalue weighted by atomic mass is 16.1. The number of carbonyl (C=O) groups excluding carboxylic acids is 1. The molecule has 0 saturated heterocycles. The molecule has 5 rings (SSSR count). The van der Waals surface area contributed by atoms with Gasteiger partial charge in [-0.3, -0.25) is 4.79 Å². The van der Waals surface area contributed by atoms with Crippen molar-refractivity contribution in [1.29, 1.82) is 0 Å². The molecule has 5 aromatic rings. The predicted molar refractivity (Wildman–Crippen MR) is 133 cm³/mol. The van der Waals surface area contributed by atoms with Gasteiger partial charge in [-0.2, -0.15) is 5.10 Å². The van der Waals surface area contributed by atoms with Gasteiger partial charge in [0.05, 0.1) is 5.52 Å². The minimum atomic E-state index is -0.783. The summed E-state index contributed by atoms with van der Waals surface area (Å²) in [5, 5.41) is 8.69. The number of nitrogens with two attached hydrogens (primary N) is 1. The molecule has 33 heavy (non-hydrogen) atoms. The molecule has 0 radical (unpaired) electrons. The molecule has 3 N–H and O–H groups in total. The number of rotatable bonds is 5. The number of carbonyl (C=O) groups is 1. The molecule has 0 saturated carbocycles. The fourth-order valence-corrected chi connectivity index (χ4v) is 4.56. The molecule has 0 aliphatic rings. The summed E-state index contributed by atoms with van der Waals surface area (Å²) in [6, 6.07) is 36.6. The van der Waals surface area contributed by atoms with Crippen molar-refractivity contribution in [2.45, 2.75) is 12.5 Å². The van der Waals surface area contributed by atoms with Gasteiger partial charge in [0.15, 0.2) is 5.82 Å². The van der Waals surface area contributed by atoms with Crippen molar-refractivity contribution in [2.75, 3.05) is 11.1 Å². The van der Waals surface area contributed by atoms with E-state index in [9.17, 15) is 4.79 Å². The first kappa shape index (κ1) is 20.5. The molecule has 5 nitrogen and oxygen atoms in total. The van der Waals surface area contributed by atoms with Crippen LogP contribution in [0.5, 0.6) is 0 Å². The largest absolute Gasteiger partial charge is 0.399 e. The molecule has 0 aliphatic carbocycles. The van der Waals surface area contributed by atoms with Gasteiger partial charge in [-0.25, -0.2) is 4.68 Å². The summed E-state index contributed by atoms with van der Waals surface area (Å²) < 4.78 is 2.01. The minimum Gasteiger partial charge on any atom is -0.399 e. The molecule has 0 bridgehead atoms. The number of benzene rings is 4. The lowest BCUT2D eigenvalue weighted by Crippen LogP contribution is -2.38. The van der Waals surface area contributed by atoms with E-state index in [-0.39, 0.29) is 5.91 Å². The zero-order valence-electron chi connectivity index (χ0n) is 18.3. The Hall–Kier alpha value is -4.38. The Labute approximate surface area is 192 Å². The maximum Gasteiger partial charge on any atom is 0.222 e. The van der Waals surface area contributed by atoms with Gasteiger partial charge in [0.25, 0.3) is 0 Å². The van der Waals surface area contributed by atoms with Crippen LogP contribution in [0.1, 0.15) is 23.6 Å². The van der Waals surface area contributed by atoms with Crippen LogP contribution in [0.25, 0.3) is 10.9 Å². The lowest BCUT2D eigenvalue weighted by atomic mass is 9.77. The maximum absolute atomic E-state index is 12.0. The fourth-order valence-electron chi connectivity index (χ4n) is 4.56. The summed E-state index contributed by atoms with van der Waals surface area (Å²) in [4.78, 5) is 12.0. The van der Waals surface area contributed by atoms with Crippen molar-refractivity contribution >= 4 is 28.3 Å². The Bertz CT molecular complexity index is 1310. The Morgan fingerprint density at radius 2 is 1.27 bits per heavy atom. The van der Waals surface area contributed by atoms with Gasteiger partial charge in [-0.05, 0) is 34.9 Å². The molecule has 0 aliphatic heterocycles. The number of hydrogen-bond acceptors (Lipinski definition) is 3. The van der Waals surface area contributed by atoms with Crippen LogP contribution < -0.4 is 11.1 Å². The molecule has 1 amide bonds. The van der Waals surface area contributed by atoms with Crippen molar-refractivity contribution in [3.05, 3.63) is 126 Å². The van der Waals surface area contributed by atoms with E-state index in [2.05, 4.69) is 41.7 Å². The van der Waals surface area contributed by atoms with Crippen LogP contribution >= 0.6 is 0 Å². The number of aromatic nitrogens is 2. The number of fused-ring (bicyclic) bond motifs is 1. The number of nitrogens with one attached hydrogen (secondary N) is 1. The van der Waals surface area contributed by atoms with E-state index in [1.807, 2.05) is 77.5 Å². The van der Waals surface area contributed by atoms with E-state index in [1.165, 1.54) is 6.92 Å². The standard InChI is InChI=1S/C28H24N4O/c1-20(33)30-27-25-19-24(29)17-18-26(25)32(31-27)28(21-11-5-2-6-12-21,22-13-7-3-8-14-22)23-15-9-4-10-16-23/h2-19H,29H2,1H3,(H,30,31,33). The van der Waals surface area contributed by atoms with Crippen LogP contribution in [0.4, 0.5) is 11.5 Å². The highest BCUT2D eigenvalue weighted by Gasteiger charge is 2.40. The van der Waals surface area contributed by atoms with Crippen LogP contribution in [0.2, 0.25) is 0 Å². The molecular formula is C28H24N4O. The first-order valence-electron chi connectivity index (χ1n) is 10.8. The summed E-state index contributed by atoms with van der Waals surface area (Å²) >= 11 is 0. The average molecular weight is 433 g/mol. The number of amides is 1.